The average Bonchev–Trinajstić information content (AvgIpc) is 3.30. The van der Waals surface area contributed by atoms with Gasteiger partial charge in [-0.1, -0.05) is 41.9 Å². The highest BCUT2D eigenvalue weighted by atomic mass is 35.5. The molecule has 32 heavy (non-hydrogen) atoms. The van der Waals surface area contributed by atoms with Crippen molar-refractivity contribution >= 4 is 34.2 Å². The van der Waals surface area contributed by atoms with Crippen LogP contribution < -0.4 is 10.9 Å². The minimum atomic E-state index is -0.439. The topological polar surface area (TPSA) is 72.5 Å². The van der Waals surface area contributed by atoms with Crippen molar-refractivity contribution in [1.82, 2.24) is 0 Å². The summed E-state index contributed by atoms with van der Waals surface area (Å²) in [6, 6.07) is 26.6. The van der Waals surface area contributed by atoms with Gasteiger partial charge in [-0.3, -0.25) is 4.79 Å². The number of benzene rings is 3. The lowest BCUT2D eigenvalue weighted by Crippen LogP contribution is -2.11. The average molecular weight is 442 g/mol. The molecule has 0 saturated carbocycles. The van der Waals surface area contributed by atoms with Crippen molar-refractivity contribution in [3.63, 3.8) is 0 Å². The molecule has 0 fully saturated rings. The van der Waals surface area contributed by atoms with E-state index in [4.69, 9.17) is 20.4 Å². The second kappa shape index (κ2) is 8.21. The molecule has 0 aliphatic heterocycles. The largest absolute Gasteiger partial charge is 0.451 e. The molecule has 0 radical (unpaired) electrons. The van der Waals surface area contributed by atoms with E-state index >= 15 is 0 Å². The van der Waals surface area contributed by atoms with Crippen LogP contribution in [0.3, 0.4) is 0 Å². The Morgan fingerprint density at radius 2 is 1.59 bits per heavy atom. The van der Waals surface area contributed by atoms with Gasteiger partial charge in [0.05, 0.1) is 5.56 Å². The first-order valence-corrected chi connectivity index (χ1v) is 10.2. The van der Waals surface area contributed by atoms with Crippen LogP contribution in [0.1, 0.15) is 10.6 Å². The lowest BCUT2D eigenvalue weighted by atomic mass is 10.1. The van der Waals surface area contributed by atoms with Gasteiger partial charge >= 0.3 is 5.63 Å². The summed E-state index contributed by atoms with van der Waals surface area (Å²) in [5, 5.41) is 4.26. The molecule has 0 unspecified atom stereocenters. The van der Waals surface area contributed by atoms with Gasteiger partial charge in [0.2, 0.25) is 0 Å². The molecule has 0 bridgehead atoms. The molecule has 0 saturated heterocycles. The molecule has 0 spiro atoms. The van der Waals surface area contributed by atoms with Gasteiger partial charge in [-0.2, -0.15) is 0 Å². The first kappa shape index (κ1) is 19.8. The summed E-state index contributed by atoms with van der Waals surface area (Å²) in [5.74, 6) is 0.341. The second-order valence-corrected chi connectivity index (χ2v) is 7.63. The van der Waals surface area contributed by atoms with Crippen molar-refractivity contribution in [2.75, 3.05) is 5.32 Å². The lowest BCUT2D eigenvalue weighted by Gasteiger charge is -2.07. The molecule has 156 valence electrons. The van der Waals surface area contributed by atoms with E-state index in [2.05, 4.69) is 5.32 Å². The summed E-state index contributed by atoms with van der Waals surface area (Å²) in [7, 11) is 0. The predicted molar refractivity (Wildman–Crippen MR) is 125 cm³/mol. The molecule has 1 amide bonds. The molecule has 6 heteroatoms. The molecular weight excluding hydrogens is 426 g/mol. The Morgan fingerprint density at radius 3 is 2.44 bits per heavy atom. The van der Waals surface area contributed by atoms with E-state index in [1.54, 1.807) is 60.7 Å². The number of furan rings is 1. The predicted octanol–water partition coefficient (Wildman–Crippen LogP) is 6.63. The molecule has 2 aromatic heterocycles. The molecule has 5 nitrogen and oxygen atoms in total. The third kappa shape index (κ3) is 3.94. The Labute approximate surface area is 187 Å². The van der Waals surface area contributed by atoms with Crippen LogP contribution in [0.25, 0.3) is 33.4 Å². The Bertz CT molecular complexity index is 1500. The number of nitrogens with one attached hydrogen (secondary N) is 1. The standard InChI is InChI=1S/C26H16ClNO4/c27-19-10-8-16(9-11-19)23-12-13-24(31-23)25(29)28-20-6-3-5-17(14-20)21-15-18-4-1-2-7-22(18)32-26(21)30/h1-15H,(H,28,29). The number of para-hydroxylation sites is 1. The maximum atomic E-state index is 12.7. The van der Waals surface area contributed by atoms with Crippen LogP contribution in [0.5, 0.6) is 0 Å². The molecule has 1 N–H and O–H groups in total. The number of rotatable bonds is 4. The van der Waals surface area contributed by atoms with Crippen LogP contribution in [0.2, 0.25) is 5.02 Å². The fraction of sp³-hybridized carbons (Fsp3) is 0. The molecular formula is C26H16ClNO4. The molecule has 5 rings (SSSR count). The van der Waals surface area contributed by atoms with Gasteiger partial charge in [-0.25, -0.2) is 4.79 Å². The second-order valence-electron chi connectivity index (χ2n) is 7.19. The molecule has 0 atom stereocenters. The van der Waals surface area contributed by atoms with Crippen molar-refractivity contribution in [3.8, 4) is 22.5 Å². The number of hydrogen-bond donors (Lipinski definition) is 1. The number of anilines is 1. The number of amides is 1. The summed E-state index contributed by atoms with van der Waals surface area (Å²) in [4.78, 5) is 25.2. The van der Waals surface area contributed by atoms with Crippen molar-refractivity contribution in [3.05, 3.63) is 112 Å². The summed E-state index contributed by atoms with van der Waals surface area (Å²) in [6.07, 6.45) is 0. The van der Waals surface area contributed by atoms with Gasteiger partial charge in [0.1, 0.15) is 11.3 Å². The van der Waals surface area contributed by atoms with Gasteiger partial charge < -0.3 is 14.2 Å². The Kier molecular flexibility index (Phi) is 5.09. The van der Waals surface area contributed by atoms with Crippen molar-refractivity contribution in [2.45, 2.75) is 0 Å². The maximum absolute atomic E-state index is 12.7. The minimum Gasteiger partial charge on any atom is -0.451 e. The van der Waals surface area contributed by atoms with Crippen molar-refractivity contribution < 1.29 is 13.6 Å². The first-order valence-electron chi connectivity index (χ1n) is 9.87. The fourth-order valence-electron chi connectivity index (χ4n) is 3.45. The van der Waals surface area contributed by atoms with Crippen LogP contribution in [0.15, 0.2) is 105 Å². The van der Waals surface area contributed by atoms with Crippen LogP contribution in [0, 0.1) is 0 Å². The van der Waals surface area contributed by atoms with Crippen LogP contribution in [-0.2, 0) is 0 Å². The van der Waals surface area contributed by atoms with Crippen LogP contribution in [0.4, 0.5) is 5.69 Å². The van der Waals surface area contributed by atoms with Gasteiger partial charge in [-0.05, 0) is 66.2 Å². The number of carbonyl (C=O) groups excluding carboxylic acids is 1. The fourth-order valence-corrected chi connectivity index (χ4v) is 3.58. The van der Waals surface area contributed by atoms with Crippen molar-refractivity contribution in [1.29, 1.82) is 0 Å². The molecule has 2 heterocycles. The Balaban J connectivity index is 1.40. The van der Waals surface area contributed by atoms with Gasteiger partial charge in [0.15, 0.2) is 5.76 Å². The number of carbonyl (C=O) groups is 1. The Morgan fingerprint density at radius 1 is 0.781 bits per heavy atom. The number of fused-ring (bicyclic) bond motifs is 1. The van der Waals surface area contributed by atoms with E-state index < -0.39 is 11.5 Å². The maximum Gasteiger partial charge on any atom is 0.344 e. The summed E-state index contributed by atoms with van der Waals surface area (Å²) < 4.78 is 11.1. The molecule has 0 aliphatic carbocycles. The van der Waals surface area contributed by atoms with E-state index in [9.17, 15) is 9.59 Å². The summed E-state index contributed by atoms with van der Waals surface area (Å²) >= 11 is 5.92. The summed E-state index contributed by atoms with van der Waals surface area (Å²) in [5.41, 5.74) is 2.50. The highest BCUT2D eigenvalue weighted by Crippen LogP contribution is 2.26. The van der Waals surface area contributed by atoms with E-state index in [0.29, 0.717) is 33.2 Å². The summed E-state index contributed by atoms with van der Waals surface area (Å²) in [6.45, 7) is 0. The smallest absolute Gasteiger partial charge is 0.344 e. The van der Waals surface area contributed by atoms with Gasteiger partial charge in [-0.15, -0.1) is 0 Å². The first-order chi connectivity index (χ1) is 15.6. The van der Waals surface area contributed by atoms with E-state index in [1.807, 2.05) is 30.3 Å². The molecule has 0 aliphatic rings. The lowest BCUT2D eigenvalue weighted by molar-refractivity contribution is 0.0997. The zero-order valence-electron chi connectivity index (χ0n) is 16.7. The third-order valence-electron chi connectivity index (χ3n) is 5.03. The van der Waals surface area contributed by atoms with Crippen LogP contribution >= 0.6 is 11.6 Å². The SMILES string of the molecule is O=C(Nc1cccc(-c2cc3ccccc3oc2=O)c1)c1ccc(-c2ccc(Cl)cc2)o1. The van der Waals surface area contributed by atoms with E-state index in [0.717, 1.165) is 10.9 Å². The normalized spacial score (nSPS) is 10.9. The van der Waals surface area contributed by atoms with E-state index in [-0.39, 0.29) is 5.76 Å². The van der Waals surface area contributed by atoms with Crippen molar-refractivity contribution in [2.24, 2.45) is 0 Å². The highest BCUT2D eigenvalue weighted by Gasteiger charge is 2.14. The third-order valence-corrected chi connectivity index (χ3v) is 5.28. The number of hydrogen-bond acceptors (Lipinski definition) is 4. The minimum absolute atomic E-state index is 0.172. The van der Waals surface area contributed by atoms with Gasteiger partial charge in [0.25, 0.3) is 5.91 Å². The van der Waals surface area contributed by atoms with Crippen LogP contribution in [-0.4, -0.2) is 5.91 Å². The zero-order chi connectivity index (χ0) is 22.1. The molecule has 3 aromatic carbocycles. The van der Waals surface area contributed by atoms with E-state index in [1.165, 1.54) is 0 Å². The Hall–Kier alpha value is -4.09. The highest BCUT2D eigenvalue weighted by molar-refractivity contribution is 6.30. The molecule has 5 aromatic rings. The monoisotopic (exact) mass is 441 g/mol. The zero-order valence-corrected chi connectivity index (χ0v) is 17.4. The van der Waals surface area contributed by atoms with Gasteiger partial charge in [0, 0.05) is 21.7 Å². The number of halogens is 1. The quantitative estimate of drug-likeness (QED) is 0.318.